The van der Waals surface area contributed by atoms with E-state index in [2.05, 4.69) is 14.8 Å². The molecule has 8 heteroatoms. The zero-order valence-electron chi connectivity index (χ0n) is 15.7. The van der Waals surface area contributed by atoms with Crippen LogP contribution in [0.15, 0.2) is 0 Å². The Morgan fingerprint density at radius 3 is 2.31 bits per heavy atom. The molecule has 3 heterocycles. The number of carbonyl (C=O) groups excluding carboxylic acids is 2. The molecule has 3 amide bonds. The fourth-order valence-corrected chi connectivity index (χ4v) is 4.20. The highest BCUT2D eigenvalue weighted by Crippen LogP contribution is 2.31. The molecular weight excluding hydrogens is 332 g/mol. The lowest BCUT2D eigenvalue weighted by molar-refractivity contribution is -0.139. The van der Waals surface area contributed by atoms with E-state index in [-0.39, 0.29) is 11.9 Å². The maximum Gasteiger partial charge on any atom is 0.319 e. The van der Waals surface area contributed by atoms with Crippen LogP contribution in [0.3, 0.4) is 0 Å². The number of urea groups is 1. The summed E-state index contributed by atoms with van der Waals surface area (Å²) >= 11 is 0. The Labute approximate surface area is 154 Å². The summed E-state index contributed by atoms with van der Waals surface area (Å²) in [6.45, 7) is 3.64. The number of aromatic nitrogens is 3. The standard InChI is InChI=1S/C18H28N6O2/c1-21(2)18(26)22-8-6-13(7-9-22)16-20-19-15-12-23(10-11-24(15)16)17(25)14-4-3-5-14/h13-14H,3-12H2,1-2H3. The first-order valence-corrected chi connectivity index (χ1v) is 9.71. The molecule has 8 nitrogen and oxygen atoms in total. The lowest BCUT2D eigenvalue weighted by atomic mass is 9.84. The molecule has 0 bridgehead atoms. The van der Waals surface area contributed by atoms with Gasteiger partial charge in [-0.05, 0) is 25.7 Å². The molecule has 1 aromatic rings. The van der Waals surface area contributed by atoms with E-state index in [1.54, 1.807) is 19.0 Å². The highest BCUT2D eigenvalue weighted by atomic mass is 16.2. The van der Waals surface area contributed by atoms with Crippen molar-refractivity contribution in [2.45, 2.75) is 51.1 Å². The average molecular weight is 360 g/mol. The van der Waals surface area contributed by atoms with Crippen molar-refractivity contribution in [2.75, 3.05) is 33.7 Å². The lowest BCUT2D eigenvalue weighted by Crippen LogP contribution is -2.45. The quantitative estimate of drug-likeness (QED) is 0.796. The van der Waals surface area contributed by atoms with Gasteiger partial charge in [-0.25, -0.2) is 4.79 Å². The number of rotatable bonds is 2. The van der Waals surface area contributed by atoms with Crippen LogP contribution in [0.25, 0.3) is 0 Å². The summed E-state index contributed by atoms with van der Waals surface area (Å²) in [6, 6.07) is 0.0804. The Kier molecular flexibility index (Phi) is 4.58. The van der Waals surface area contributed by atoms with E-state index in [1.807, 2.05) is 9.80 Å². The van der Waals surface area contributed by atoms with Gasteiger partial charge in [-0.3, -0.25) is 4.79 Å². The second-order valence-corrected chi connectivity index (χ2v) is 7.95. The number of hydrogen-bond donors (Lipinski definition) is 0. The molecule has 2 fully saturated rings. The van der Waals surface area contributed by atoms with Crippen molar-refractivity contribution >= 4 is 11.9 Å². The van der Waals surface area contributed by atoms with Gasteiger partial charge < -0.3 is 19.3 Å². The van der Waals surface area contributed by atoms with E-state index in [9.17, 15) is 9.59 Å². The Hall–Kier alpha value is -2.12. The normalized spacial score (nSPS) is 21.3. The molecule has 0 radical (unpaired) electrons. The maximum atomic E-state index is 12.5. The number of fused-ring (bicyclic) bond motifs is 1. The van der Waals surface area contributed by atoms with E-state index in [4.69, 9.17) is 0 Å². The molecule has 2 aliphatic heterocycles. The maximum absolute atomic E-state index is 12.5. The molecule has 0 atom stereocenters. The molecule has 1 aliphatic carbocycles. The predicted molar refractivity (Wildman–Crippen MR) is 95.4 cm³/mol. The van der Waals surface area contributed by atoms with Crippen molar-refractivity contribution in [3.8, 4) is 0 Å². The van der Waals surface area contributed by atoms with Crippen LogP contribution in [0.5, 0.6) is 0 Å². The van der Waals surface area contributed by atoms with Crippen LogP contribution in [-0.4, -0.2) is 75.1 Å². The number of amides is 3. The largest absolute Gasteiger partial charge is 0.333 e. The van der Waals surface area contributed by atoms with Crippen LogP contribution in [0, 0.1) is 5.92 Å². The summed E-state index contributed by atoms with van der Waals surface area (Å²) < 4.78 is 2.21. The first-order valence-electron chi connectivity index (χ1n) is 9.71. The van der Waals surface area contributed by atoms with E-state index >= 15 is 0 Å². The van der Waals surface area contributed by atoms with Gasteiger partial charge in [-0.15, -0.1) is 10.2 Å². The highest BCUT2D eigenvalue weighted by molar-refractivity contribution is 5.79. The third kappa shape index (κ3) is 3.05. The van der Waals surface area contributed by atoms with Crippen molar-refractivity contribution in [2.24, 2.45) is 5.92 Å². The molecule has 3 aliphatic rings. The third-order valence-corrected chi connectivity index (χ3v) is 6.06. The molecule has 26 heavy (non-hydrogen) atoms. The summed E-state index contributed by atoms with van der Waals surface area (Å²) in [5, 5.41) is 8.84. The Morgan fingerprint density at radius 1 is 0.962 bits per heavy atom. The predicted octanol–water partition coefficient (Wildman–Crippen LogP) is 1.28. The molecule has 1 aromatic heterocycles. The first-order chi connectivity index (χ1) is 12.5. The molecule has 4 rings (SSSR count). The molecule has 0 aromatic carbocycles. The van der Waals surface area contributed by atoms with Gasteiger partial charge in [-0.1, -0.05) is 6.42 Å². The molecule has 0 N–H and O–H groups in total. The molecule has 0 unspecified atom stereocenters. The third-order valence-electron chi connectivity index (χ3n) is 6.06. The number of likely N-dealkylation sites (tertiary alicyclic amines) is 1. The van der Waals surface area contributed by atoms with E-state index < -0.39 is 0 Å². The second-order valence-electron chi connectivity index (χ2n) is 7.95. The van der Waals surface area contributed by atoms with Gasteiger partial charge in [-0.2, -0.15) is 0 Å². The monoisotopic (exact) mass is 360 g/mol. The minimum absolute atomic E-state index is 0.0804. The average Bonchev–Trinajstić information content (AvgIpc) is 3.02. The van der Waals surface area contributed by atoms with Crippen LogP contribution in [0.4, 0.5) is 4.79 Å². The topological polar surface area (TPSA) is 74.6 Å². The smallest absolute Gasteiger partial charge is 0.319 e. The van der Waals surface area contributed by atoms with Gasteiger partial charge in [0, 0.05) is 52.1 Å². The van der Waals surface area contributed by atoms with Crippen molar-refractivity contribution in [3.63, 3.8) is 0 Å². The number of piperidine rings is 1. The summed E-state index contributed by atoms with van der Waals surface area (Å²) in [4.78, 5) is 30.1. The Morgan fingerprint density at radius 2 is 1.69 bits per heavy atom. The van der Waals surface area contributed by atoms with E-state index in [1.165, 1.54) is 6.42 Å². The van der Waals surface area contributed by atoms with E-state index in [0.29, 0.717) is 18.4 Å². The second kappa shape index (κ2) is 6.89. The molecule has 142 valence electrons. The van der Waals surface area contributed by atoms with Crippen molar-refractivity contribution in [3.05, 3.63) is 11.6 Å². The SMILES string of the molecule is CN(C)C(=O)N1CCC(c2nnc3n2CCN(C(=O)C2CCC2)C3)CC1. The van der Waals surface area contributed by atoms with Crippen molar-refractivity contribution < 1.29 is 9.59 Å². The van der Waals surface area contributed by atoms with Crippen LogP contribution < -0.4 is 0 Å². The fraction of sp³-hybridized carbons (Fsp3) is 0.778. The van der Waals surface area contributed by atoms with Crippen LogP contribution in [0.2, 0.25) is 0 Å². The molecule has 0 spiro atoms. The Bertz CT molecular complexity index is 688. The van der Waals surface area contributed by atoms with Gasteiger partial charge >= 0.3 is 6.03 Å². The van der Waals surface area contributed by atoms with Crippen LogP contribution in [-0.2, 0) is 17.9 Å². The van der Waals surface area contributed by atoms with E-state index in [0.717, 1.165) is 63.5 Å². The van der Waals surface area contributed by atoms with Gasteiger partial charge in [0.2, 0.25) is 5.91 Å². The lowest BCUT2D eigenvalue weighted by Gasteiger charge is -2.35. The van der Waals surface area contributed by atoms with Gasteiger partial charge in [0.15, 0.2) is 5.82 Å². The minimum Gasteiger partial charge on any atom is -0.333 e. The first kappa shape index (κ1) is 17.3. The summed E-state index contributed by atoms with van der Waals surface area (Å²) in [5.41, 5.74) is 0. The van der Waals surface area contributed by atoms with Crippen LogP contribution >= 0.6 is 0 Å². The fourth-order valence-electron chi connectivity index (χ4n) is 4.20. The number of hydrogen-bond acceptors (Lipinski definition) is 4. The summed E-state index contributed by atoms with van der Waals surface area (Å²) in [5.74, 6) is 2.82. The van der Waals surface area contributed by atoms with Gasteiger partial charge in [0.05, 0.1) is 6.54 Å². The minimum atomic E-state index is 0.0804. The van der Waals surface area contributed by atoms with Crippen molar-refractivity contribution in [1.82, 2.24) is 29.5 Å². The van der Waals surface area contributed by atoms with Crippen LogP contribution in [0.1, 0.15) is 49.7 Å². The van der Waals surface area contributed by atoms with Gasteiger partial charge in [0.1, 0.15) is 5.82 Å². The molecule has 1 saturated heterocycles. The molecule has 1 saturated carbocycles. The zero-order valence-corrected chi connectivity index (χ0v) is 15.7. The molecular formula is C18H28N6O2. The summed E-state index contributed by atoms with van der Waals surface area (Å²) in [6.07, 6.45) is 5.10. The summed E-state index contributed by atoms with van der Waals surface area (Å²) in [7, 11) is 3.58. The number of nitrogens with zero attached hydrogens (tertiary/aromatic N) is 6. The zero-order chi connectivity index (χ0) is 18.3. The van der Waals surface area contributed by atoms with Crippen molar-refractivity contribution in [1.29, 1.82) is 0 Å². The Balaban J connectivity index is 1.39. The van der Waals surface area contributed by atoms with Gasteiger partial charge in [0.25, 0.3) is 0 Å². The number of carbonyl (C=O) groups is 2. The highest BCUT2D eigenvalue weighted by Gasteiger charge is 2.34.